The minimum atomic E-state index is -3.47. The number of nitrogens with zero attached hydrogens (tertiary/aromatic N) is 1. The van der Waals surface area contributed by atoms with E-state index in [0.29, 0.717) is 17.1 Å². The van der Waals surface area contributed by atoms with E-state index in [4.69, 9.17) is 4.74 Å². The summed E-state index contributed by atoms with van der Waals surface area (Å²) >= 11 is 1.60. The van der Waals surface area contributed by atoms with E-state index in [1.807, 2.05) is 60.9 Å². The van der Waals surface area contributed by atoms with Crippen molar-refractivity contribution < 1.29 is 17.9 Å². The number of rotatable bonds is 9. The van der Waals surface area contributed by atoms with Crippen LogP contribution in [-0.4, -0.2) is 33.4 Å². The summed E-state index contributed by atoms with van der Waals surface area (Å²) in [5.41, 5.74) is 2.12. The van der Waals surface area contributed by atoms with Gasteiger partial charge in [0, 0.05) is 10.6 Å². The molecule has 0 unspecified atom stereocenters. The van der Waals surface area contributed by atoms with Gasteiger partial charge in [-0.3, -0.25) is 9.10 Å². The van der Waals surface area contributed by atoms with Crippen molar-refractivity contribution in [3.63, 3.8) is 0 Å². The maximum Gasteiger partial charge on any atom is 0.262 e. The van der Waals surface area contributed by atoms with Crippen molar-refractivity contribution in [1.82, 2.24) is 0 Å². The molecule has 1 N–H and O–H groups in total. The number of benzene rings is 3. The molecule has 0 fully saturated rings. The molecule has 0 saturated carbocycles. The number of carbonyl (C=O) groups is 1. The van der Waals surface area contributed by atoms with Crippen LogP contribution in [0.5, 0.6) is 5.75 Å². The van der Waals surface area contributed by atoms with E-state index in [0.717, 1.165) is 10.5 Å². The van der Waals surface area contributed by atoms with Gasteiger partial charge < -0.3 is 10.1 Å². The van der Waals surface area contributed by atoms with Gasteiger partial charge in [0.05, 0.1) is 18.5 Å². The van der Waals surface area contributed by atoms with Crippen molar-refractivity contribution in [3.8, 4) is 5.75 Å². The minimum absolute atomic E-state index is 0.150. The number of hydrogen-bond donors (Lipinski definition) is 1. The molecule has 0 bridgehead atoms. The molecule has 0 aliphatic rings. The maximum atomic E-state index is 12.3. The first-order chi connectivity index (χ1) is 14.8. The van der Waals surface area contributed by atoms with Crippen LogP contribution in [0.1, 0.15) is 5.56 Å². The highest BCUT2D eigenvalue weighted by Crippen LogP contribution is 2.24. The molecule has 0 aromatic heterocycles. The monoisotopic (exact) mass is 456 g/mol. The van der Waals surface area contributed by atoms with Crippen molar-refractivity contribution in [1.29, 1.82) is 0 Å². The Bertz CT molecular complexity index is 1120. The standard InChI is InChI=1S/C23H24N2O4S2/c1-30-22-10-6-9-19(15-22)24-23(26)17-29-21-13-11-20(12-14-21)25(31(2,27)28)16-18-7-4-3-5-8-18/h3-15H,16-17H2,1-2H3,(H,24,26). The smallest absolute Gasteiger partial charge is 0.262 e. The first kappa shape index (κ1) is 22.7. The summed E-state index contributed by atoms with van der Waals surface area (Å²) in [5, 5.41) is 2.80. The quantitative estimate of drug-likeness (QED) is 0.483. The molecule has 1 amide bonds. The summed E-state index contributed by atoms with van der Waals surface area (Å²) in [6, 6.07) is 23.6. The molecule has 6 nitrogen and oxygen atoms in total. The zero-order chi connectivity index (χ0) is 22.3. The summed E-state index contributed by atoms with van der Waals surface area (Å²) in [7, 11) is -3.47. The lowest BCUT2D eigenvalue weighted by Crippen LogP contribution is -2.29. The maximum absolute atomic E-state index is 12.3. The van der Waals surface area contributed by atoms with Crippen LogP contribution in [0.25, 0.3) is 0 Å². The fourth-order valence-electron chi connectivity index (χ4n) is 2.90. The molecule has 0 saturated heterocycles. The molecule has 8 heteroatoms. The molecular weight excluding hydrogens is 432 g/mol. The van der Waals surface area contributed by atoms with Gasteiger partial charge in [-0.05, 0) is 54.3 Å². The second-order valence-electron chi connectivity index (χ2n) is 6.82. The van der Waals surface area contributed by atoms with Gasteiger partial charge in [0.2, 0.25) is 10.0 Å². The van der Waals surface area contributed by atoms with Gasteiger partial charge in [0.15, 0.2) is 6.61 Å². The SMILES string of the molecule is CSc1cccc(NC(=O)COc2ccc(N(Cc3ccccc3)S(C)(=O)=O)cc2)c1. The van der Waals surface area contributed by atoms with Crippen LogP contribution in [0, 0.1) is 0 Å². The Morgan fingerprint density at radius 1 is 1.00 bits per heavy atom. The Kier molecular flexibility index (Phi) is 7.59. The Balaban J connectivity index is 1.62. The second-order valence-corrected chi connectivity index (χ2v) is 9.60. The Labute approximate surface area is 187 Å². The van der Waals surface area contributed by atoms with Gasteiger partial charge in [0.25, 0.3) is 5.91 Å². The summed E-state index contributed by atoms with van der Waals surface area (Å²) in [4.78, 5) is 13.2. The van der Waals surface area contributed by atoms with Crippen LogP contribution in [0.4, 0.5) is 11.4 Å². The molecule has 31 heavy (non-hydrogen) atoms. The van der Waals surface area contributed by atoms with Crippen LogP contribution in [0.3, 0.4) is 0 Å². The first-order valence-corrected chi connectivity index (χ1v) is 12.6. The van der Waals surface area contributed by atoms with E-state index < -0.39 is 10.0 Å². The van der Waals surface area contributed by atoms with Crippen LogP contribution in [0.15, 0.2) is 83.8 Å². The van der Waals surface area contributed by atoms with Gasteiger partial charge in [-0.2, -0.15) is 0 Å². The van der Waals surface area contributed by atoms with Crippen molar-refractivity contribution in [3.05, 3.63) is 84.4 Å². The van der Waals surface area contributed by atoms with Gasteiger partial charge >= 0.3 is 0 Å². The molecule has 3 aromatic rings. The van der Waals surface area contributed by atoms with E-state index in [2.05, 4.69) is 5.32 Å². The molecule has 3 rings (SSSR count). The molecule has 3 aromatic carbocycles. The van der Waals surface area contributed by atoms with Crippen molar-refractivity contribution in [2.45, 2.75) is 11.4 Å². The predicted molar refractivity (Wildman–Crippen MR) is 126 cm³/mol. The highest BCUT2D eigenvalue weighted by atomic mass is 32.2. The van der Waals surface area contributed by atoms with Gasteiger partial charge in [-0.1, -0.05) is 36.4 Å². The van der Waals surface area contributed by atoms with E-state index >= 15 is 0 Å². The Morgan fingerprint density at radius 2 is 1.71 bits per heavy atom. The fraction of sp³-hybridized carbons (Fsp3) is 0.174. The van der Waals surface area contributed by atoms with Crippen LogP contribution >= 0.6 is 11.8 Å². The number of nitrogens with one attached hydrogen (secondary N) is 1. The molecule has 0 heterocycles. The van der Waals surface area contributed by atoms with E-state index in [1.54, 1.807) is 36.0 Å². The zero-order valence-corrected chi connectivity index (χ0v) is 18.9. The Hall–Kier alpha value is -2.97. The average Bonchev–Trinajstić information content (AvgIpc) is 2.76. The van der Waals surface area contributed by atoms with E-state index in [-0.39, 0.29) is 19.1 Å². The minimum Gasteiger partial charge on any atom is -0.484 e. The predicted octanol–water partition coefficient (Wildman–Crippen LogP) is 4.39. The van der Waals surface area contributed by atoms with Crippen LogP contribution in [0.2, 0.25) is 0 Å². The lowest BCUT2D eigenvalue weighted by atomic mass is 10.2. The number of thioether (sulfide) groups is 1. The van der Waals surface area contributed by atoms with E-state index in [9.17, 15) is 13.2 Å². The van der Waals surface area contributed by atoms with Crippen molar-refractivity contribution in [2.24, 2.45) is 0 Å². The first-order valence-electron chi connectivity index (χ1n) is 9.53. The number of sulfonamides is 1. The third-order valence-electron chi connectivity index (χ3n) is 4.42. The van der Waals surface area contributed by atoms with Gasteiger partial charge in [-0.15, -0.1) is 11.8 Å². The zero-order valence-electron chi connectivity index (χ0n) is 17.3. The molecule has 0 aliphatic heterocycles. The summed E-state index contributed by atoms with van der Waals surface area (Å²) in [6.07, 6.45) is 3.15. The Morgan fingerprint density at radius 3 is 2.35 bits per heavy atom. The van der Waals surface area contributed by atoms with Crippen molar-refractivity contribution in [2.75, 3.05) is 28.7 Å². The largest absolute Gasteiger partial charge is 0.484 e. The van der Waals surface area contributed by atoms with Gasteiger partial charge in [0.1, 0.15) is 5.75 Å². The fourth-order valence-corrected chi connectivity index (χ4v) is 4.25. The molecule has 0 spiro atoms. The number of ether oxygens (including phenoxy) is 1. The number of anilines is 2. The summed E-state index contributed by atoms with van der Waals surface area (Å²) < 4.78 is 31.5. The van der Waals surface area contributed by atoms with Crippen LogP contribution < -0.4 is 14.4 Å². The number of amides is 1. The summed E-state index contributed by atoms with van der Waals surface area (Å²) in [6.45, 7) is 0.0834. The molecule has 0 atom stereocenters. The third kappa shape index (κ3) is 6.77. The number of carbonyl (C=O) groups excluding carboxylic acids is 1. The summed E-state index contributed by atoms with van der Waals surface area (Å²) in [5.74, 6) is 0.203. The van der Waals surface area contributed by atoms with E-state index in [1.165, 1.54) is 10.6 Å². The topological polar surface area (TPSA) is 75.7 Å². The number of hydrogen-bond acceptors (Lipinski definition) is 5. The average molecular weight is 457 g/mol. The lowest BCUT2D eigenvalue weighted by Gasteiger charge is -2.22. The molecule has 0 aliphatic carbocycles. The third-order valence-corrected chi connectivity index (χ3v) is 6.28. The van der Waals surface area contributed by atoms with Gasteiger partial charge in [-0.25, -0.2) is 8.42 Å². The molecular formula is C23H24N2O4S2. The molecule has 0 radical (unpaired) electrons. The highest BCUT2D eigenvalue weighted by Gasteiger charge is 2.18. The normalized spacial score (nSPS) is 11.0. The highest BCUT2D eigenvalue weighted by molar-refractivity contribution is 7.98. The molecule has 162 valence electrons. The van der Waals surface area contributed by atoms with Crippen LogP contribution in [-0.2, 0) is 21.4 Å². The second kappa shape index (κ2) is 10.4. The lowest BCUT2D eigenvalue weighted by molar-refractivity contribution is -0.118. The van der Waals surface area contributed by atoms with Crippen molar-refractivity contribution >= 4 is 39.1 Å².